The van der Waals surface area contributed by atoms with Crippen LogP contribution >= 0.6 is 0 Å². The van der Waals surface area contributed by atoms with Crippen molar-refractivity contribution in [3.8, 4) is 0 Å². The number of hydrogen-bond donors (Lipinski definition) is 1. The number of hydrogen-bond acceptors (Lipinski definition) is 4. The maximum absolute atomic E-state index is 11.9. The predicted molar refractivity (Wildman–Crippen MR) is 75.0 cm³/mol. The topological polar surface area (TPSA) is 64.2 Å². The van der Waals surface area contributed by atoms with E-state index in [0.29, 0.717) is 13.1 Å². The van der Waals surface area contributed by atoms with Crippen LogP contribution in [0.4, 0.5) is 5.69 Å². The maximum Gasteiger partial charge on any atom is 0.268 e. The first-order chi connectivity index (χ1) is 8.72. The summed E-state index contributed by atoms with van der Waals surface area (Å²) in [7, 11) is 0. The van der Waals surface area contributed by atoms with Crippen molar-refractivity contribution in [2.24, 2.45) is 5.73 Å². The molecule has 5 heteroatoms. The third-order valence-electron chi connectivity index (χ3n) is 3.06. The van der Waals surface area contributed by atoms with Crippen LogP contribution in [0.5, 0.6) is 0 Å². The molecule has 0 fully saturated rings. The highest BCUT2D eigenvalue weighted by atomic mass is 16.1. The lowest BCUT2D eigenvalue weighted by Gasteiger charge is -2.20. The van der Waals surface area contributed by atoms with Gasteiger partial charge in [0.25, 0.3) is 5.56 Å². The predicted octanol–water partition coefficient (Wildman–Crippen LogP) is 1.22. The van der Waals surface area contributed by atoms with E-state index in [9.17, 15) is 4.79 Å². The van der Waals surface area contributed by atoms with Crippen LogP contribution in [-0.4, -0.2) is 29.4 Å². The summed E-state index contributed by atoms with van der Waals surface area (Å²) in [6.07, 6.45) is 4.78. The standard InChI is InChI=1S/C13H24N4O/c1-3-16(4-2)12-10-13(18)17(15-11-12)9-7-5-6-8-14/h10-11H,3-9,14H2,1-2H3. The highest BCUT2D eigenvalue weighted by molar-refractivity contribution is 5.42. The third kappa shape index (κ3) is 4.14. The molecule has 0 radical (unpaired) electrons. The summed E-state index contributed by atoms with van der Waals surface area (Å²) in [5.74, 6) is 0. The number of aryl methyl sites for hydroxylation is 1. The number of anilines is 1. The lowest BCUT2D eigenvalue weighted by molar-refractivity contribution is 0.523. The summed E-state index contributed by atoms with van der Waals surface area (Å²) in [5, 5.41) is 4.22. The second kappa shape index (κ2) is 7.87. The Balaban J connectivity index is 2.65. The van der Waals surface area contributed by atoms with E-state index in [4.69, 9.17) is 5.73 Å². The number of nitrogens with zero attached hydrogens (tertiary/aromatic N) is 3. The fourth-order valence-corrected chi connectivity index (χ4v) is 1.94. The van der Waals surface area contributed by atoms with Gasteiger partial charge in [-0.25, -0.2) is 4.68 Å². The van der Waals surface area contributed by atoms with Gasteiger partial charge in [0.1, 0.15) is 0 Å². The Morgan fingerprint density at radius 1 is 1.28 bits per heavy atom. The molecule has 1 heterocycles. The highest BCUT2D eigenvalue weighted by Crippen LogP contribution is 2.08. The summed E-state index contributed by atoms with van der Waals surface area (Å²) in [4.78, 5) is 14.0. The van der Waals surface area contributed by atoms with E-state index in [0.717, 1.165) is 38.0 Å². The molecular formula is C13H24N4O. The Labute approximate surface area is 109 Å². The van der Waals surface area contributed by atoms with Crippen LogP contribution in [-0.2, 0) is 6.54 Å². The van der Waals surface area contributed by atoms with Gasteiger partial charge in [0, 0.05) is 25.7 Å². The summed E-state index contributed by atoms with van der Waals surface area (Å²) in [5.41, 5.74) is 6.32. The molecule has 0 aliphatic rings. The van der Waals surface area contributed by atoms with Crippen LogP contribution in [0.2, 0.25) is 0 Å². The Hall–Kier alpha value is -1.36. The van der Waals surface area contributed by atoms with E-state index < -0.39 is 0 Å². The monoisotopic (exact) mass is 252 g/mol. The Kier molecular flexibility index (Phi) is 6.43. The van der Waals surface area contributed by atoms with Gasteiger partial charge in [0.2, 0.25) is 0 Å². The van der Waals surface area contributed by atoms with Crippen molar-refractivity contribution in [1.82, 2.24) is 9.78 Å². The molecule has 5 nitrogen and oxygen atoms in total. The fourth-order valence-electron chi connectivity index (χ4n) is 1.94. The van der Waals surface area contributed by atoms with Crippen LogP contribution in [0.1, 0.15) is 33.1 Å². The molecule has 18 heavy (non-hydrogen) atoms. The molecule has 1 aromatic rings. The van der Waals surface area contributed by atoms with Crippen LogP contribution in [0.15, 0.2) is 17.1 Å². The van der Waals surface area contributed by atoms with Crippen LogP contribution in [0.25, 0.3) is 0 Å². The van der Waals surface area contributed by atoms with Crippen molar-refractivity contribution in [3.05, 3.63) is 22.6 Å². The number of rotatable bonds is 8. The molecule has 1 rings (SSSR count). The molecule has 0 aliphatic heterocycles. The lowest BCUT2D eigenvalue weighted by atomic mass is 10.2. The molecule has 0 aliphatic carbocycles. The van der Waals surface area contributed by atoms with Gasteiger partial charge in [-0.2, -0.15) is 5.10 Å². The Morgan fingerprint density at radius 3 is 2.56 bits per heavy atom. The van der Waals surface area contributed by atoms with Gasteiger partial charge in [-0.3, -0.25) is 4.79 Å². The smallest absolute Gasteiger partial charge is 0.268 e. The van der Waals surface area contributed by atoms with Gasteiger partial charge in [-0.15, -0.1) is 0 Å². The average molecular weight is 252 g/mol. The Morgan fingerprint density at radius 2 is 2.00 bits per heavy atom. The van der Waals surface area contributed by atoms with Gasteiger partial charge < -0.3 is 10.6 Å². The minimum Gasteiger partial charge on any atom is -0.371 e. The normalized spacial score (nSPS) is 10.6. The second-order valence-corrected chi connectivity index (χ2v) is 4.30. The Bertz CT molecular complexity index is 398. The number of nitrogens with two attached hydrogens (primary N) is 1. The maximum atomic E-state index is 11.9. The quantitative estimate of drug-likeness (QED) is 0.707. The van der Waals surface area contributed by atoms with Crippen molar-refractivity contribution in [1.29, 1.82) is 0 Å². The van der Waals surface area contributed by atoms with Gasteiger partial charge >= 0.3 is 0 Å². The van der Waals surface area contributed by atoms with Crippen molar-refractivity contribution >= 4 is 5.69 Å². The summed E-state index contributed by atoms with van der Waals surface area (Å²) in [6, 6.07) is 1.67. The molecule has 102 valence electrons. The average Bonchev–Trinajstić information content (AvgIpc) is 2.38. The third-order valence-corrected chi connectivity index (χ3v) is 3.06. The molecule has 0 amide bonds. The molecule has 0 bridgehead atoms. The first-order valence-corrected chi connectivity index (χ1v) is 6.75. The fraction of sp³-hybridized carbons (Fsp3) is 0.692. The molecule has 0 aromatic carbocycles. The largest absolute Gasteiger partial charge is 0.371 e. The van der Waals surface area contributed by atoms with Crippen molar-refractivity contribution < 1.29 is 0 Å². The van der Waals surface area contributed by atoms with Crippen LogP contribution in [0.3, 0.4) is 0 Å². The minimum atomic E-state index is -0.0212. The summed E-state index contributed by atoms with van der Waals surface area (Å²) < 4.78 is 1.53. The molecule has 0 unspecified atom stereocenters. The van der Waals surface area contributed by atoms with E-state index in [1.807, 2.05) is 0 Å². The molecule has 0 spiro atoms. The first kappa shape index (κ1) is 14.7. The van der Waals surface area contributed by atoms with E-state index in [-0.39, 0.29) is 5.56 Å². The molecular weight excluding hydrogens is 228 g/mol. The molecule has 2 N–H and O–H groups in total. The SMILES string of the molecule is CCN(CC)c1cnn(CCCCCN)c(=O)c1. The van der Waals surface area contributed by atoms with E-state index in [2.05, 4.69) is 23.8 Å². The minimum absolute atomic E-state index is 0.0212. The number of aromatic nitrogens is 2. The second-order valence-electron chi connectivity index (χ2n) is 4.30. The zero-order valence-corrected chi connectivity index (χ0v) is 11.4. The molecule has 1 aromatic heterocycles. The van der Waals surface area contributed by atoms with Gasteiger partial charge in [-0.05, 0) is 33.2 Å². The van der Waals surface area contributed by atoms with Crippen LogP contribution < -0.4 is 16.2 Å². The zero-order chi connectivity index (χ0) is 13.4. The van der Waals surface area contributed by atoms with Gasteiger partial charge in [-0.1, -0.05) is 6.42 Å². The first-order valence-electron chi connectivity index (χ1n) is 6.75. The molecule has 0 saturated carbocycles. The highest BCUT2D eigenvalue weighted by Gasteiger charge is 2.05. The number of unbranched alkanes of at least 4 members (excludes halogenated alkanes) is 2. The zero-order valence-electron chi connectivity index (χ0n) is 11.4. The lowest BCUT2D eigenvalue weighted by Crippen LogP contribution is -2.27. The van der Waals surface area contributed by atoms with Gasteiger partial charge in [0.05, 0.1) is 11.9 Å². The van der Waals surface area contributed by atoms with E-state index in [1.54, 1.807) is 12.3 Å². The molecule has 0 saturated heterocycles. The van der Waals surface area contributed by atoms with Crippen LogP contribution in [0, 0.1) is 0 Å². The van der Waals surface area contributed by atoms with Crippen molar-refractivity contribution in [2.75, 3.05) is 24.5 Å². The van der Waals surface area contributed by atoms with Crippen molar-refractivity contribution in [3.63, 3.8) is 0 Å². The van der Waals surface area contributed by atoms with Crippen molar-refractivity contribution in [2.45, 2.75) is 39.7 Å². The van der Waals surface area contributed by atoms with E-state index >= 15 is 0 Å². The molecule has 0 atom stereocenters. The summed E-state index contributed by atoms with van der Waals surface area (Å²) in [6.45, 7) is 7.31. The van der Waals surface area contributed by atoms with E-state index in [1.165, 1.54) is 4.68 Å². The summed E-state index contributed by atoms with van der Waals surface area (Å²) >= 11 is 0. The van der Waals surface area contributed by atoms with Gasteiger partial charge in [0.15, 0.2) is 0 Å².